The smallest absolute Gasteiger partial charge is 0.145 e. The maximum Gasteiger partial charge on any atom is 0.145 e. The van der Waals surface area contributed by atoms with Crippen molar-refractivity contribution in [3.05, 3.63) is 522 Å². The zero-order valence-corrected chi connectivity index (χ0v) is 83.4. The Morgan fingerprint density at radius 2 is 0.429 bits per heavy atom. The zero-order valence-electron chi connectivity index (χ0n) is 77.6. The molecule has 0 bridgehead atoms. The number of para-hydroxylation sites is 15. The van der Waals surface area contributed by atoms with Gasteiger partial charge in [0.25, 0.3) is 0 Å². The molecule has 0 aliphatic rings. The first-order valence-corrected chi connectivity index (χ1v) is 47.4. The van der Waals surface area contributed by atoms with Crippen LogP contribution in [0.4, 0.5) is 34.1 Å². The van der Waals surface area contributed by atoms with E-state index in [2.05, 4.69) is 527 Å². The van der Waals surface area contributed by atoms with Gasteiger partial charge < -0.3 is 18.9 Å². The van der Waals surface area contributed by atoms with Gasteiger partial charge in [-0.05, 0) is 233 Å². The summed E-state index contributed by atoms with van der Waals surface area (Å²) in [5.41, 5.74) is 30.8. The van der Waals surface area contributed by atoms with Gasteiger partial charge >= 0.3 is 26.2 Å². The Bertz CT molecular complexity index is 8130. The molecule has 140 heavy (non-hydrogen) atoms. The van der Waals surface area contributed by atoms with Gasteiger partial charge in [0.2, 0.25) is 0 Å². The molecule has 5 heterocycles. The largest absolute Gasteiger partial charge is 0.310 e. The van der Waals surface area contributed by atoms with Gasteiger partial charge in [-0.25, -0.2) is 15.0 Å². The third kappa shape index (κ3) is 17.4. The Hall–Kier alpha value is -16.4. The SMILES string of the molecule is [3H]P.[B]CP.[BiH2].c1ccc(-n2c(-c3cc(-c4nc5ccccc5n4-c4ccccc4)cc(-c4nc5ccccc5n4-c4ccccc4)c3)nc3ccccc32)cc1.c1ccc(N(c2ccc(-c3ccc(N(c4ccccc4)c4cccc5ccccc45)cc3)cc2)c2cccc3ccccc23)cc1.c1ccc2c(c1)c1ccccc1n2-c1ccc(-c2ccc(-n3c4ccccc4c4ccccc43)cc2)cc1. The van der Waals surface area contributed by atoms with Gasteiger partial charge in [0.05, 0.1) is 75.7 Å². The van der Waals surface area contributed by atoms with Crippen LogP contribution in [0.3, 0.4) is 0 Å². The van der Waals surface area contributed by atoms with E-state index in [9.17, 15) is 0 Å². The summed E-state index contributed by atoms with van der Waals surface area (Å²) in [5, 5.41) is 10.0. The summed E-state index contributed by atoms with van der Waals surface area (Å²) in [5.74, 6) is 2.53. The molecule has 0 aliphatic heterocycles. The van der Waals surface area contributed by atoms with Crippen molar-refractivity contribution in [1.82, 2.24) is 37.8 Å². The van der Waals surface area contributed by atoms with Crippen LogP contribution < -0.4 is 9.80 Å². The van der Waals surface area contributed by atoms with Gasteiger partial charge in [0.1, 0.15) is 17.5 Å². The summed E-state index contributed by atoms with van der Waals surface area (Å²) < 4.78 is 17.1. The zero-order chi connectivity index (χ0) is 94.2. The maximum atomic E-state index is 5.67. The van der Waals surface area contributed by atoms with E-state index in [1.165, 1.54) is 98.8 Å². The van der Waals surface area contributed by atoms with E-state index >= 15 is 0 Å². The van der Waals surface area contributed by atoms with Crippen LogP contribution in [0.2, 0.25) is 0 Å². The summed E-state index contributed by atoms with van der Waals surface area (Å²) in [6, 6.07) is 185. The molecule has 0 saturated carbocycles. The number of hydrogen-bond acceptors (Lipinski definition) is 5. The molecule has 14 heteroatoms. The van der Waals surface area contributed by atoms with Crippen LogP contribution in [0, 0.1) is 0 Å². The van der Waals surface area contributed by atoms with E-state index in [1.807, 2.05) is 36.4 Å². The van der Waals surface area contributed by atoms with Crippen LogP contribution in [0.15, 0.2) is 522 Å². The minimum Gasteiger partial charge on any atom is -0.310 e. The van der Waals surface area contributed by atoms with E-state index in [4.69, 9.17) is 24.1 Å². The Kier molecular flexibility index (Phi) is 25.7. The van der Waals surface area contributed by atoms with Gasteiger partial charge in [-0.3, -0.25) is 13.7 Å². The van der Waals surface area contributed by atoms with Crippen LogP contribution in [-0.2, 0) is 0 Å². The predicted molar refractivity (Wildman–Crippen MR) is 603 cm³/mol. The number of anilines is 6. The first-order valence-electron chi connectivity index (χ1n) is 47.2. The molecule has 0 aliphatic carbocycles. The van der Waals surface area contributed by atoms with Gasteiger partial charge in [0, 0.05) is 100 Å². The molecule has 0 fully saturated rings. The molecule has 3 radical (unpaired) electrons. The minimum atomic E-state index is 0. The van der Waals surface area contributed by atoms with E-state index in [-0.39, 0.29) is 26.2 Å². The molecule has 0 N–H and O–H groups in total. The van der Waals surface area contributed by atoms with E-state index in [1.54, 1.807) is 9.84 Å². The second-order valence-electron chi connectivity index (χ2n) is 34.1. The van der Waals surface area contributed by atoms with Crippen LogP contribution in [-0.4, -0.2) is 79.2 Å². The molecular weight excluding hydrogens is 1940 g/mol. The molecule has 26 rings (SSSR count). The fourth-order valence-corrected chi connectivity index (χ4v) is 19.6. The van der Waals surface area contributed by atoms with E-state index < -0.39 is 0 Å². The third-order valence-electron chi connectivity index (χ3n) is 25.8. The number of imidazole rings is 3. The molecule has 5 aromatic heterocycles. The average molecular weight is 2030 g/mol. The molecule has 0 saturated heterocycles. The standard InChI is InChI=1S/C45H30N6.C44H32N2.C36H24N2.CH4BP.Bi.H3P.2H/c1-4-16-34(17-5-1)49-40-25-13-10-22-37(40)46-43(49)31-28-32(44-47-38-23-11-14-26-41(38)50(44)35-18-6-2-7-19-35)30-33(29-31)45-48-39-24-12-15-27-42(39)51(45)36-20-8-3-9-21-36;1-3-17-37(18-4-1)45(43-23-11-15-35-13-7-9-21-41(35)43)39-29-25-33(26-30-39)34-27-31-40(32-28-34)46(38-19-5-2-6-20-38)44-24-12-16-36-14-8-10-22-42(36)44;1-5-13-33-29(9-1)30-10-2-6-14-34(30)37(33)27-21-17-25(18-22-27)26-19-23-28(24-20-26)38-35-15-7-3-11-31(35)32-12-4-8-16-36(32)38;2-1-3;;;;/h1-30H;1-32H;1-24H;1,3H2;;1H3;;/i;;;;;1T;;. The Balaban J connectivity index is 0.000000123. The normalized spacial score (nSPS) is 11.2. The second kappa shape index (κ2) is 40.5. The van der Waals surface area contributed by atoms with Gasteiger partial charge in [-0.2, -0.15) is 9.84 Å². The fourth-order valence-electron chi connectivity index (χ4n) is 19.6. The number of benzene rings is 21. The number of nitrogens with zero attached hydrogens (tertiary/aromatic N) is 10. The molecule has 26 aromatic rings. The average Bonchev–Trinajstić information content (AvgIpc) is 1.69. The molecule has 10 nitrogen and oxygen atoms in total. The quantitative estimate of drug-likeness (QED) is 0.0712. The number of hydrogen-bond donors (Lipinski definition) is 0. The topological polar surface area (TPSA) is 69.8 Å². The number of rotatable bonds is 16. The van der Waals surface area contributed by atoms with Crippen LogP contribution >= 0.6 is 19.1 Å². The van der Waals surface area contributed by atoms with Crippen molar-refractivity contribution in [1.29, 1.82) is 1.28 Å². The van der Waals surface area contributed by atoms with Crippen molar-refractivity contribution in [3.8, 4) is 84.9 Å². The van der Waals surface area contributed by atoms with Gasteiger partial charge in [-0.1, -0.05) is 328 Å². The van der Waals surface area contributed by atoms with Crippen molar-refractivity contribution in [2.24, 2.45) is 0 Å². The summed E-state index contributed by atoms with van der Waals surface area (Å²) in [6.45, 7) is 0. The van der Waals surface area contributed by atoms with Crippen LogP contribution in [0.1, 0.15) is 0 Å². The third-order valence-corrected chi connectivity index (χ3v) is 25.8. The van der Waals surface area contributed by atoms with Crippen LogP contribution in [0.5, 0.6) is 0 Å². The van der Waals surface area contributed by atoms with E-state index in [0.29, 0.717) is 6.06 Å². The fraction of sp³-hybridized carbons (Fsp3) is 0.00794. The molecule has 0 amide bonds. The number of fused-ring (bicyclic) bond motifs is 11. The summed E-state index contributed by atoms with van der Waals surface area (Å²) in [6.07, 6.45) is 0. The van der Waals surface area contributed by atoms with Gasteiger partial charge in [-0.15, -0.1) is 9.24 Å². The van der Waals surface area contributed by atoms with Crippen molar-refractivity contribution < 1.29 is 0 Å². The molecular formula is C126H95BBiN10P2. The summed E-state index contributed by atoms with van der Waals surface area (Å²) in [7, 11) is 8.83. The predicted octanol–water partition coefficient (Wildman–Crippen LogP) is 32.0. The maximum absolute atomic E-state index is 5.67. The van der Waals surface area contributed by atoms with E-state index in [0.717, 1.165) is 118 Å². The van der Waals surface area contributed by atoms with Crippen molar-refractivity contribution in [3.63, 3.8) is 0 Å². The number of aromatic nitrogens is 8. The molecule has 2 unspecified atom stereocenters. The summed E-state index contributed by atoms with van der Waals surface area (Å²) >= 11 is 0. The molecule has 667 valence electrons. The first kappa shape index (κ1) is 88.8. The second-order valence-corrected chi connectivity index (χ2v) is 34.6. The van der Waals surface area contributed by atoms with Crippen molar-refractivity contribution in [2.45, 2.75) is 0 Å². The minimum absolute atomic E-state index is 0. The molecule has 0 spiro atoms. The summed E-state index contributed by atoms with van der Waals surface area (Å²) in [4.78, 5) is 20.5. The van der Waals surface area contributed by atoms with Gasteiger partial charge in [0.15, 0.2) is 0 Å². The first-order chi connectivity index (χ1) is 69.4. The monoisotopic (exact) mass is 2030 g/mol. The van der Waals surface area contributed by atoms with Crippen LogP contribution in [0.25, 0.3) is 183 Å². The Labute approximate surface area is 840 Å². The Morgan fingerprint density at radius 1 is 0.214 bits per heavy atom. The molecule has 2 atom stereocenters. The van der Waals surface area contributed by atoms with Crippen molar-refractivity contribution >= 4 is 186 Å². The Morgan fingerprint density at radius 3 is 0.721 bits per heavy atom. The van der Waals surface area contributed by atoms with Crippen molar-refractivity contribution in [2.75, 3.05) is 15.9 Å². The molecule has 21 aromatic carbocycles.